The Balaban J connectivity index is 0.00000312. The largest absolute Gasteiger partial charge is 0.497 e. The number of methoxy groups -OCH3 is 1. The van der Waals surface area contributed by atoms with E-state index in [-0.39, 0.29) is 35.9 Å². The first-order chi connectivity index (χ1) is 11.5. The van der Waals surface area contributed by atoms with Gasteiger partial charge in [0.2, 0.25) is 5.91 Å². The number of ketones is 1. The van der Waals surface area contributed by atoms with Gasteiger partial charge in [0.25, 0.3) is 0 Å². The van der Waals surface area contributed by atoms with Gasteiger partial charge in [0, 0.05) is 24.6 Å². The molecule has 1 fully saturated rings. The van der Waals surface area contributed by atoms with Crippen LogP contribution in [0.3, 0.4) is 0 Å². The summed E-state index contributed by atoms with van der Waals surface area (Å²) in [4.78, 5) is 26.8. The van der Waals surface area contributed by atoms with Gasteiger partial charge < -0.3 is 15.4 Å². The highest BCUT2D eigenvalue weighted by Gasteiger charge is 2.31. The lowest BCUT2D eigenvalue weighted by Gasteiger charge is -2.34. The number of hydrogen-bond donors (Lipinski definition) is 1. The number of ether oxygens (including phenoxy) is 1. The zero-order valence-corrected chi connectivity index (χ0v) is 16.1. The van der Waals surface area contributed by atoms with E-state index in [0.29, 0.717) is 31.5 Å². The number of Topliss-reactive ketones (excluding diaryl/α,β-unsaturated/α-hetero) is 1. The maximum atomic E-state index is 12.6. The molecule has 25 heavy (non-hydrogen) atoms. The zero-order chi connectivity index (χ0) is 17.7. The van der Waals surface area contributed by atoms with Crippen LogP contribution in [0.1, 0.15) is 43.5 Å². The maximum Gasteiger partial charge on any atom is 0.239 e. The number of rotatable bonds is 6. The van der Waals surface area contributed by atoms with Crippen molar-refractivity contribution in [2.75, 3.05) is 20.2 Å². The Kier molecular flexibility index (Phi) is 8.39. The molecule has 0 radical (unpaired) electrons. The van der Waals surface area contributed by atoms with Crippen molar-refractivity contribution in [3.63, 3.8) is 0 Å². The quantitative estimate of drug-likeness (QED) is 0.783. The summed E-state index contributed by atoms with van der Waals surface area (Å²) in [7, 11) is 1.60. The van der Waals surface area contributed by atoms with Crippen LogP contribution in [0.5, 0.6) is 5.75 Å². The Hall–Kier alpha value is -1.59. The molecule has 0 aliphatic carbocycles. The predicted octanol–water partition coefficient (Wildman–Crippen LogP) is 2.91. The average Bonchev–Trinajstić information content (AvgIpc) is 2.65. The lowest BCUT2D eigenvalue weighted by atomic mass is 9.88. The Morgan fingerprint density at radius 1 is 1.24 bits per heavy atom. The fraction of sp³-hybridized carbons (Fsp3) is 0.579. The lowest BCUT2D eigenvalue weighted by Crippen LogP contribution is -2.50. The number of likely N-dealkylation sites (tertiary alicyclic amines) is 1. The standard InChI is InChI=1S/C19H28N2O3.ClH/c1-4-13(2)17(20)19(23)21-11-9-15(10-12-21)18(22)14-5-7-16(24-3)8-6-14;/h5-8,13,15,17H,4,9-12,20H2,1-3H3;1H. The molecule has 2 unspecified atom stereocenters. The van der Waals surface area contributed by atoms with Crippen LogP contribution in [0.2, 0.25) is 0 Å². The second-order valence-electron chi connectivity index (χ2n) is 6.60. The number of nitrogens with two attached hydrogens (primary N) is 1. The summed E-state index contributed by atoms with van der Waals surface area (Å²) in [6.45, 7) is 5.26. The van der Waals surface area contributed by atoms with Crippen LogP contribution in [-0.4, -0.2) is 42.8 Å². The SMILES string of the molecule is CCC(C)C(N)C(=O)N1CCC(C(=O)c2ccc(OC)cc2)CC1.Cl. The number of amides is 1. The number of carbonyl (C=O) groups excluding carboxylic acids is 2. The van der Waals surface area contributed by atoms with E-state index in [1.54, 1.807) is 31.4 Å². The highest BCUT2D eigenvalue weighted by atomic mass is 35.5. The summed E-state index contributed by atoms with van der Waals surface area (Å²) in [6.07, 6.45) is 2.28. The Labute approximate surface area is 156 Å². The van der Waals surface area contributed by atoms with Gasteiger partial charge in [-0.2, -0.15) is 0 Å². The normalized spacial score (nSPS) is 17.4. The summed E-state index contributed by atoms with van der Waals surface area (Å²) < 4.78 is 5.12. The average molecular weight is 369 g/mol. The first-order valence-corrected chi connectivity index (χ1v) is 8.70. The Bertz CT molecular complexity index is 569. The summed E-state index contributed by atoms with van der Waals surface area (Å²) in [5, 5.41) is 0. The van der Waals surface area contributed by atoms with Gasteiger partial charge in [-0.1, -0.05) is 20.3 Å². The highest BCUT2D eigenvalue weighted by Crippen LogP contribution is 2.24. The molecule has 1 heterocycles. The second kappa shape index (κ2) is 9.78. The van der Waals surface area contributed by atoms with Gasteiger partial charge in [-0.05, 0) is 43.0 Å². The van der Waals surface area contributed by atoms with Crippen LogP contribution in [0.15, 0.2) is 24.3 Å². The molecule has 1 aliphatic heterocycles. The summed E-state index contributed by atoms with van der Waals surface area (Å²) in [5.41, 5.74) is 6.75. The molecular formula is C19H29ClN2O3. The van der Waals surface area contributed by atoms with E-state index in [1.807, 2.05) is 18.7 Å². The highest BCUT2D eigenvalue weighted by molar-refractivity contribution is 5.98. The minimum Gasteiger partial charge on any atom is -0.497 e. The van der Waals surface area contributed by atoms with Crippen molar-refractivity contribution in [3.05, 3.63) is 29.8 Å². The van der Waals surface area contributed by atoms with Gasteiger partial charge in [-0.3, -0.25) is 9.59 Å². The van der Waals surface area contributed by atoms with Gasteiger partial charge in [0.15, 0.2) is 5.78 Å². The molecule has 0 spiro atoms. The Morgan fingerprint density at radius 3 is 2.28 bits per heavy atom. The van der Waals surface area contributed by atoms with Crippen LogP contribution in [0.25, 0.3) is 0 Å². The molecule has 1 amide bonds. The van der Waals surface area contributed by atoms with Crippen LogP contribution in [-0.2, 0) is 4.79 Å². The molecule has 1 aromatic rings. The fourth-order valence-electron chi connectivity index (χ4n) is 3.06. The predicted molar refractivity (Wildman–Crippen MR) is 101 cm³/mol. The minimum atomic E-state index is -0.441. The van der Waals surface area contributed by atoms with E-state index >= 15 is 0 Å². The smallest absolute Gasteiger partial charge is 0.239 e. The molecule has 2 atom stereocenters. The Morgan fingerprint density at radius 2 is 1.80 bits per heavy atom. The van der Waals surface area contributed by atoms with Gasteiger partial charge in [-0.15, -0.1) is 12.4 Å². The molecule has 0 bridgehead atoms. The van der Waals surface area contributed by atoms with Crippen molar-refractivity contribution in [2.24, 2.45) is 17.6 Å². The molecule has 1 aliphatic rings. The molecule has 6 heteroatoms. The first kappa shape index (κ1) is 21.5. The monoisotopic (exact) mass is 368 g/mol. The number of carbonyl (C=O) groups is 2. The van der Waals surface area contributed by atoms with Crippen molar-refractivity contribution < 1.29 is 14.3 Å². The molecule has 1 saturated heterocycles. The van der Waals surface area contributed by atoms with E-state index < -0.39 is 6.04 Å². The molecule has 2 rings (SSSR count). The minimum absolute atomic E-state index is 0. The van der Waals surface area contributed by atoms with E-state index in [4.69, 9.17) is 10.5 Å². The third kappa shape index (κ3) is 5.19. The zero-order valence-electron chi connectivity index (χ0n) is 15.2. The summed E-state index contributed by atoms with van der Waals surface area (Å²) in [6, 6.07) is 6.77. The molecule has 140 valence electrons. The van der Waals surface area contributed by atoms with E-state index in [9.17, 15) is 9.59 Å². The molecule has 2 N–H and O–H groups in total. The van der Waals surface area contributed by atoms with E-state index in [0.717, 1.165) is 12.2 Å². The van der Waals surface area contributed by atoms with Crippen molar-refractivity contribution in [3.8, 4) is 5.75 Å². The first-order valence-electron chi connectivity index (χ1n) is 8.70. The van der Waals surface area contributed by atoms with Gasteiger partial charge >= 0.3 is 0 Å². The number of benzene rings is 1. The van der Waals surface area contributed by atoms with Gasteiger partial charge in [0.1, 0.15) is 5.75 Å². The van der Waals surface area contributed by atoms with Gasteiger partial charge in [-0.25, -0.2) is 0 Å². The van der Waals surface area contributed by atoms with E-state index in [2.05, 4.69) is 0 Å². The number of nitrogens with zero attached hydrogens (tertiary/aromatic N) is 1. The maximum absolute atomic E-state index is 12.6. The summed E-state index contributed by atoms with van der Waals surface area (Å²) >= 11 is 0. The van der Waals surface area contributed by atoms with Crippen LogP contribution >= 0.6 is 12.4 Å². The van der Waals surface area contributed by atoms with Crippen molar-refractivity contribution in [1.29, 1.82) is 0 Å². The van der Waals surface area contributed by atoms with Crippen LogP contribution in [0, 0.1) is 11.8 Å². The molecule has 5 nitrogen and oxygen atoms in total. The third-order valence-electron chi connectivity index (χ3n) is 5.09. The van der Waals surface area contributed by atoms with Crippen LogP contribution < -0.4 is 10.5 Å². The van der Waals surface area contributed by atoms with Crippen molar-refractivity contribution >= 4 is 24.1 Å². The molecule has 0 saturated carbocycles. The number of piperidine rings is 1. The van der Waals surface area contributed by atoms with E-state index in [1.165, 1.54) is 0 Å². The number of halogens is 1. The summed E-state index contributed by atoms with van der Waals surface area (Å²) in [5.74, 6) is 1.06. The molecule has 1 aromatic carbocycles. The molecule has 0 aromatic heterocycles. The van der Waals surface area contributed by atoms with Crippen molar-refractivity contribution in [1.82, 2.24) is 4.90 Å². The fourth-order valence-corrected chi connectivity index (χ4v) is 3.06. The third-order valence-corrected chi connectivity index (χ3v) is 5.09. The second-order valence-corrected chi connectivity index (χ2v) is 6.60. The van der Waals surface area contributed by atoms with Crippen molar-refractivity contribution in [2.45, 2.75) is 39.2 Å². The lowest BCUT2D eigenvalue weighted by molar-refractivity contribution is -0.135. The topological polar surface area (TPSA) is 72.6 Å². The van der Waals surface area contributed by atoms with Crippen LogP contribution in [0.4, 0.5) is 0 Å². The van der Waals surface area contributed by atoms with Gasteiger partial charge in [0.05, 0.1) is 13.2 Å². The molecular weight excluding hydrogens is 340 g/mol. The number of hydrogen-bond acceptors (Lipinski definition) is 4.